The first kappa shape index (κ1) is 21.1. The van der Waals surface area contributed by atoms with E-state index in [1.165, 1.54) is 25.8 Å². The molecular formula is C23H36N2O3. The van der Waals surface area contributed by atoms with Crippen molar-refractivity contribution in [3.63, 3.8) is 0 Å². The summed E-state index contributed by atoms with van der Waals surface area (Å²) < 4.78 is 11.5. The first-order chi connectivity index (χ1) is 13.4. The van der Waals surface area contributed by atoms with Gasteiger partial charge in [0.2, 0.25) is 0 Å². The Morgan fingerprint density at radius 3 is 2.68 bits per heavy atom. The van der Waals surface area contributed by atoms with Crippen LogP contribution in [0.15, 0.2) is 24.3 Å². The number of benzene rings is 1. The molecule has 5 heteroatoms. The van der Waals surface area contributed by atoms with Crippen LogP contribution >= 0.6 is 0 Å². The Balaban J connectivity index is 1.55. The van der Waals surface area contributed by atoms with E-state index in [2.05, 4.69) is 25.7 Å². The molecule has 3 rings (SSSR count). The molecule has 2 saturated heterocycles. The molecule has 2 aliphatic rings. The second-order valence-electron chi connectivity index (χ2n) is 9.33. The fourth-order valence-corrected chi connectivity index (χ4v) is 3.90. The summed E-state index contributed by atoms with van der Waals surface area (Å²) in [6, 6.07) is 7.66. The summed E-state index contributed by atoms with van der Waals surface area (Å²) in [6.07, 6.45) is 3.65. The lowest BCUT2D eigenvalue weighted by Gasteiger charge is -2.34. The van der Waals surface area contributed by atoms with E-state index in [1.807, 2.05) is 29.2 Å². The maximum Gasteiger partial charge on any atom is 0.257 e. The zero-order valence-corrected chi connectivity index (χ0v) is 17.8. The lowest BCUT2D eigenvalue weighted by molar-refractivity contribution is 0.0299. The van der Waals surface area contributed by atoms with Crippen molar-refractivity contribution in [2.75, 3.05) is 52.5 Å². The lowest BCUT2D eigenvalue weighted by Crippen LogP contribution is -2.41. The first-order valence-electron chi connectivity index (χ1n) is 10.7. The number of amides is 1. The average molecular weight is 389 g/mol. The Bertz CT molecular complexity index is 635. The molecule has 1 amide bonds. The SMILES string of the molecule is CC(C)(C)CCN1CCCC(COc2ccccc2C(=O)N2CCOCC2)C1. The number of hydrogen-bond donors (Lipinski definition) is 0. The van der Waals surface area contributed by atoms with Crippen molar-refractivity contribution in [2.45, 2.75) is 40.0 Å². The summed E-state index contributed by atoms with van der Waals surface area (Å²) in [4.78, 5) is 17.3. The molecule has 156 valence electrons. The smallest absolute Gasteiger partial charge is 0.257 e. The molecule has 0 N–H and O–H groups in total. The Morgan fingerprint density at radius 1 is 1.18 bits per heavy atom. The van der Waals surface area contributed by atoms with E-state index in [0.29, 0.717) is 55.6 Å². The van der Waals surface area contributed by atoms with Crippen molar-refractivity contribution in [2.24, 2.45) is 11.3 Å². The molecule has 0 aromatic heterocycles. The van der Waals surface area contributed by atoms with Crippen molar-refractivity contribution in [1.29, 1.82) is 0 Å². The average Bonchev–Trinajstić information content (AvgIpc) is 2.71. The Kier molecular flexibility index (Phi) is 7.36. The molecule has 0 radical (unpaired) electrons. The summed E-state index contributed by atoms with van der Waals surface area (Å²) in [5.41, 5.74) is 1.05. The fourth-order valence-electron chi connectivity index (χ4n) is 3.90. The standard InChI is InChI=1S/C23H36N2O3/c1-23(2,3)10-12-24-11-6-7-19(17-24)18-28-21-9-5-4-8-20(21)22(26)25-13-15-27-16-14-25/h4-5,8-9,19H,6-7,10-18H2,1-3H3. The van der Waals surface area contributed by atoms with E-state index in [0.717, 1.165) is 13.1 Å². The zero-order valence-electron chi connectivity index (χ0n) is 17.8. The molecule has 1 atom stereocenters. The van der Waals surface area contributed by atoms with Crippen LogP contribution in [-0.2, 0) is 4.74 Å². The monoisotopic (exact) mass is 388 g/mol. The molecule has 28 heavy (non-hydrogen) atoms. The number of carbonyl (C=O) groups excluding carboxylic acids is 1. The van der Waals surface area contributed by atoms with Gasteiger partial charge < -0.3 is 19.3 Å². The lowest BCUT2D eigenvalue weighted by atomic mass is 9.91. The van der Waals surface area contributed by atoms with Gasteiger partial charge in [0, 0.05) is 25.6 Å². The number of morpholine rings is 1. The van der Waals surface area contributed by atoms with Gasteiger partial charge in [0.1, 0.15) is 5.75 Å². The van der Waals surface area contributed by atoms with Gasteiger partial charge >= 0.3 is 0 Å². The van der Waals surface area contributed by atoms with Gasteiger partial charge in [-0.05, 0) is 49.9 Å². The minimum absolute atomic E-state index is 0.0503. The fraction of sp³-hybridized carbons (Fsp3) is 0.696. The van der Waals surface area contributed by atoms with Crippen LogP contribution in [0.4, 0.5) is 0 Å². The van der Waals surface area contributed by atoms with Crippen LogP contribution in [0.5, 0.6) is 5.75 Å². The highest BCUT2D eigenvalue weighted by Gasteiger charge is 2.24. The number of carbonyl (C=O) groups is 1. The van der Waals surface area contributed by atoms with Crippen LogP contribution in [0.3, 0.4) is 0 Å². The highest BCUT2D eigenvalue weighted by atomic mass is 16.5. The zero-order chi connectivity index (χ0) is 20.0. The molecule has 0 saturated carbocycles. The van der Waals surface area contributed by atoms with Crippen LogP contribution in [0.2, 0.25) is 0 Å². The van der Waals surface area contributed by atoms with Crippen LogP contribution < -0.4 is 4.74 Å². The topological polar surface area (TPSA) is 42.0 Å². The van der Waals surface area contributed by atoms with Gasteiger partial charge in [0.25, 0.3) is 5.91 Å². The van der Waals surface area contributed by atoms with Crippen LogP contribution in [0.25, 0.3) is 0 Å². The summed E-state index contributed by atoms with van der Waals surface area (Å²) >= 11 is 0. The Morgan fingerprint density at radius 2 is 1.93 bits per heavy atom. The Labute approximate surface area is 170 Å². The van der Waals surface area contributed by atoms with Gasteiger partial charge in [-0.2, -0.15) is 0 Å². The molecular weight excluding hydrogens is 352 g/mol. The number of rotatable bonds is 6. The van der Waals surface area contributed by atoms with Gasteiger partial charge in [-0.3, -0.25) is 4.79 Å². The molecule has 2 fully saturated rings. The third kappa shape index (κ3) is 6.21. The third-order valence-corrected chi connectivity index (χ3v) is 5.67. The molecule has 0 spiro atoms. The van der Waals surface area contributed by atoms with Gasteiger partial charge in [-0.1, -0.05) is 32.9 Å². The molecule has 1 aromatic carbocycles. The molecule has 2 heterocycles. The van der Waals surface area contributed by atoms with Crippen LogP contribution in [0, 0.1) is 11.3 Å². The normalized spacial score (nSPS) is 21.5. The van der Waals surface area contributed by atoms with Crippen molar-refractivity contribution >= 4 is 5.91 Å². The second kappa shape index (κ2) is 9.75. The van der Waals surface area contributed by atoms with E-state index in [9.17, 15) is 4.79 Å². The van der Waals surface area contributed by atoms with Gasteiger partial charge in [0.05, 0.1) is 25.4 Å². The van der Waals surface area contributed by atoms with Crippen molar-refractivity contribution in [3.8, 4) is 5.75 Å². The quantitative estimate of drug-likeness (QED) is 0.745. The van der Waals surface area contributed by atoms with Crippen LogP contribution in [-0.4, -0.2) is 68.3 Å². The van der Waals surface area contributed by atoms with Gasteiger partial charge in [0.15, 0.2) is 0 Å². The predicted molar refractivity (Wildman–Crippen MR) is 112 cm³/mol. The van der Waals surface area contributed by atoms with E-state index in [-0.39, 0.29) is 5.91 Å². The van der Waals surface area contributed by atoms with E-state index < -0.39 is 0 Å². The first-order valence-corrected chi connectivity index (χ1v) is 10.7. The van der Waals surface area contributed by atoms with Crippen molar-refractivity contribution in [3.05, 3.63) is 29.8 Å². The summed E-state index contributed by atoms with van der Waals surface area (Å²) in [5, 5.41) is 0. The summed E-state index contributed by atoms with van der Waals surface area (Å²) in [7, 11) is 0. The maximum absolute atomic E-state index is 12.9. The molecule has 2 aliphatic heterocycles. The van der Waals surface area contributed by atoms with Gasteiger partial charge in [-0.25, -0.2) is 0 Å². The van der Waals surface area contributed by atoms with E-state index in [4.69, 9.17) is 9.47 Å². The molecule has 1 aromatic rings. The molecule has 5 nitrogen and oxygen atoms in total. The predicted octanol–water partition coefficient (Wildman–Crippen LogP) is 3.69. The minimum atomic E-state index is 0.0503. The number of para-hydroxylation sites is 1. The molecule has 0 bridgehead atoms. The van der Waals surface area contributed by atoms with Crippen molar-refractivity contribution in [1.82, 2.24) is 9.80 Å². The Hall–Kier alpha value is -1.59. The van der Waals surface area contributed by atoms with E-state index in [1.54, 1.807) is 0 Å². The van der Waals surface area contributed by atoms with Gasteiger partial charge in [-0.15, -0.1) is 0 Å². The second-order valence-corrected chi connectivity index (χ2v) is 9.33. The minimum Gasteiger partial charge on any atom is -0.492 e. The number of nitrogens with zero attached hydrogens (tertiary/aromatic N) is 2. The van der Waals surface area contributed by atoms with E-state index >= 15 is 0 Å². The number of ether oxygens (including phenoxy) is 2. The summed E-state index contributed by atoms with van der Waals surface area (Å²) in [5.74, 6) is 1.29. The maximum atomic E-state index is 12.9. The van der Waals surface area contributed by atoms with Crippen molar-refractivity contribution < 1.29 is 14.3 Å². The van der Waals surface area contributed by atoms with Crippen LogP contribution in [0.1, 0.15) is 50.4 Å². The highest BCUT2D eigenvalue weighted by molar-refractivity contribution is 5.97. The molecule has 1 unspecified atom stereocenters. The third-order valence-electron chi connectivity index (χ3n) is 5.67. The summed E-state index contributed by atoms with van der Waals surface area (Å²) in [6.45, 7) is 13.6. The number of hydrogen-bond acceptors (Lipinski definition) is 4. The number of likely N-dealkylation sites (tertiary alicyclic amines) is 1. The number of piperidine rings is 1. The molecule has 0 aliphatic carbocycles. The largest absolute Gasteiger partial charge is 0.492 e. The highest BCUT2D eigenvalue weighted by Crippen LogP contribution is 2.25.